The third-order valence-corrected chi connectivity index (χ3v) is 4.97. The first-order valence-corrected chi connectivity index (χ1v) is 8.65. The zero-order valence-electron chi connectivity index (χ0n) is 14.2. The Kier molecular flexibility index (Phi) is 5.35. The summed E-state index contributed by atoms with van der Waals surface area (Å²) in [5, 5.41) is 0. The van der Waals surface area contributed by atoms with Gasteiger partial charge >= 0.3 is 0 Å². The molecule has 0 spiro atoms. The predicted molar refractivity (Wildman–Crippen MR) is 95.9 cm³/mol. The number of rotatable bonds is 6. The molecular weight excluding hydrogens is 282 g/mol. The Labute approximate surface area is 140 Å². The van der Waals surface area contributed by atoms with E-state index in [0.29, 0.717) is 5.92 Å². The monoisotopic (exact) mass is 309 g/mol. The quantitative estimate of drug-likeness (QED) is 0.766. The van der Waals surface area contributed by atoms with Gasteiger partial charge < -0.3 is 4.74 Å². The fraction of sp³-hybridized carbons (Fsp3) is 0.429. The molecule has 2 aromatic rings. The summed E-state index contributed by atoms with van der Waals surface area (Å²) >= 11 is 0. The van der Waals surface area contributed by atoms with Crippen molar-refractivity contribution in [2.24, 2.45) is 5.92 Å². The van der Waals surface area contributed by atoms with Gasteiger partial charge in [0.15, 0.2) is 0 Å². The molecule has 1 aliphatic heterocycles. The molecule has 2 aromatic carbocycles. The van der Waals surface area contributed by atoms with Gasteiger partial charge in [-0.1, -0.05) is 49.4 Å². The van der Waals surface area contributed by atoms with E-state index >= 15 is 0 Å². The molecule has 1 saturated heterocycles. The SMILES string of the molecule is COc1cccc([C@@H](C)C[C@H]2CCN(Cc3ccccc3)C2)c1. The summed E-state index contributed by atoms with van der Waals surface area (Å²) in [5.41, 5.74) is 2.82. The van der Waals surface area contributed by atoms with Crippen molar-refractivity contribution in [3.8, 4) is 5.75 Å². The second-order valence-electron chi connectivity index (χ2n) is 6.79. The van der Waals surface area contributed by atoms with Gasteiger partial charge in [0, 0.05) is 13.1 Å². The van der Waals surface area contributed by atoms with Gasteiger partial charge in [0.05, 0.1) is 7.11 Å². The maximum atomic E-state index is 5.35. The smallest absolute Gasteiger partial charge is 0.119 e. The second kappa shape index (κ2) is 7.65. The maximum absolute atomic E-state index is 5.35. The largest absolute Gasteiger partial charge is 0.497 e. The lowest BCUT2D eigenvalue weighted by Gasteiger charge is -2.19. The molecule has 1 aliphatic rings. The Morgan fingerprint density at radius 1 is 1.13 bits per heavy atom. The molecule has 0 saturated carbocycles. The van der Waals surface area contributed by atoms with Crippen LogP contribution in [0.3, 0.4) is 0 Å². The highest BCUT2D eigenvalue weighted by Crippen LogP contribution is 2.31. The maximum Gasteiger partial charge on any atom is 0.119 e. The first-order chi connectivity index (χ1) is 11.2. The van der Waals surface area contributed by atoms with Gasteiger partial charge in [-0.15, -0.1) is 0 Å². The summed E-state index contributed by atoms with van der Waals surface area (Å²) in [7, 11) is 1.74. The van der Waals surface area contributed by atoms with Crippen LogP contribution in [0.2, 0.25) is 0 Å². The fourth-order valence-electron chi connectivity index (χ4n) is 3.67. The Balaban J connectivity index is 1.53. The Hall–Kier alpha value is -1.80. The highest BCUT2D eigenvalue weighted by Gasteiger charge is 2.24. The normalized spacial score (nSPS) is 19.7. The van der Waals surface area contributed by atoms with Crippen molar-refractivity contribution in [1.29, 1.82) is 0 Å². The van der Waals surface area contributed by atoms with Crippen LogP contribution in [-0.2, 0) is 6.54 Å². The van der Waals surface area contributed by atoms with Gasteiger partial charge in [0.2, 0.25) is 0 Å². The van der Waals surface area contributed by atoms with E-state index < -0.39 is 0 Å². The van der Waals surface area contributed by atoms with Crippen LogP contribution in [0.1, 0.15) is 36.8 Å². The molecule has 0 N–H and O–H groups in total. The number of likely N-dealkylation sites (tertiary alicyclic amines) is 1. The van der Waals surface area contributed by atoms with E-state index in [0.717, 1.165) is 18.2 Å². The summed E-state index contributed by atoms with van der Waals surface area (Å²) in [6, 6.07) is 19.3. The third-order valence-electron chi connectivity index (χ3n) is 4.97. The lowest BCUT2D eigenvalue weighted by atomic mass is 9.89. The van der Waals surface area contributed by atoms with Crippen molar-refractivity contribution in [2.75, 3.05) is 20.2 Å². The molecule has 0 amide bonds. The molecule has 1 heterocycles. The van der Waals surface area contributed by atoms with E-state index in [1.54, 1.807) is 7.11 Å². The highest BCUT2D eigenvalue weighted by molar-refractivity contribution is 5.30. The van der Waals surface area contributed by atoms with Crippen LogP contribution in [0.15, 0.2) is 54.6 Å². The van der Waals surface area contributed by atoms with Crippen molar-refractivity contribution in [3.05, 3.63) is 65.7 Å². The fourth-order valence-corrected chi connectivity index (χ4v) is 3.67. The van der Waals surface area contributed by atoms with Crippen LogP contribution >= 0.6 is 0 Å². The molecule has 1 fully saturated rings. The molecule has 2 heteroatoms. The van der Waals surface area contributed by atoms with Gasteiger partial charge in [0.1, 0.15) is 5.75 Å². The van der Waals surface area contributed by atoms with Crippen LogP contribution in [0.4, 0.5) is 0 Å². The summed E-state index contributed by atoms with van der Waals surface area (Å²) in [6.07, 6.45) is 2.58. The van der Waals surface area contributed by atoms with Gasteiger partial charge in [-0.3, -0.25) is 4.90 Å². The zero-order valence-corrected chi connectivity index (χ0v) is 14.2. The molecule has 122 valence electrons. The minimum Gasteiger partial charge on any atom is -0.497 e. The van der Waals surface area contributed by atoms with E-state index in [1.807, 2.05) is 6.07 Å². The molecule has 3 rings (SSSR count). The number of nitrogens with zero attached hydrogens (tertiary/aromatic N) is 1. The molecule has 23 heavy (non-hydrogen) atoms. The van der Waals surface area contributed by atoms with Crippen molar-refractivity contribution in [2.45, 2.75) is 32.2 Å². The van der Waals surface area contributed by atoms with Crippen molar-refractivity contribution in [3.63, 3.8) is 0 Å². The van der Waals surface area contributed by atoms with E-state index in [2.05, 4.69) is 60.4 Å². The standard InChI is InChI=1S/C21H27NO/c1-17(20-9-6-10-21(14-20)23-2)13-19-11-12-22(16-19)15-18-7-4-3-5-8-18/h3-10,14,17,19H,11-13,15-16H2,1-2H3/t17-,19+/m0/s1. The predicted octanol–water partition coefficient (Wildman–Crippen LogP) is 4.71. The molecule has 0 radical (unpaired) electrons. The topological polar surface area (TPSA) is 12.5 Å². The number of hydrogen-bond donors (Lipinski definition) is 0. The van der Waals surface area contributed by atoms with Crippen molar-refractivity contribution in [1.82, 2.24) is 4.90 Å². The van der Waals surface area contributed by atoms with Gasteiger partial charge in [0.25, 0.3) is 0 Å². The minimum atomic E-state index is 0.590. The first-order valence-electron chi connectivity index (χ1n) is 8.65. The third kappa shape index (κ3) is 4.35. The van der Waals surface area contributed by atoms with Crippen molar-refractivity contribution >= 4 is 0 Å². The molecule has 0 aromatic heterocycles. The van der Waals surface area contributed by atoms with Gasteiger partial charge in [-0.2, -0.15) is 0 Å². The van der Waals surface area contributed by atoms with Crippen molar-refractivity contribution < 1.29 is 4.74 Å². The molecular formula is C21H27NO. The van der Waals surface area contributed by atoms with E-state index in [1.165, 1.54) is 37.1 Å². The van der Waals surface area contributed by atoms with Gasteiger partial charge in [-0.05, 0) is 54.5 Å². The average Bonchev–Trinajstić information content (AvgIpc) is 3.02. The summed E-state index contributed by atoms with van der Waals surface area (Å²) in [4.78, 5) is 2.60. The van der Waals surface area contributed by atoms with E-state index in [-0.39, 0.29) is 0 Å². The van der Waals surface area contributed by atoms with E-state index in [4.69, 9.17) is 4.74 Å². The number of methoxy groups -OCH3 is 1. The lowest BCUT2D eigenvalue weighted by molar-refractivity contribution is 0.310. The average molecular weight is 309 g/mol. The van der Waals surface area contributed by atoms with Gasteiger partial charge in [-0.25, -0.2) is 0 Å². The highest BCUT2D eigenvalue weighted by atomic mass is 16.5. The molecule has 2 nitrogen and oxygen atoms in total. The number of benzene rings is 2. The Morgan fingerprint density at radius 3 is 2.74 bits per heavy atom. The molecule has 0 aliphatic carbocycles. The minimum absolute atomic E-state index is 0.590. The first kappa shape index (κ1) is 16.1. The molecule has 2 atom stereocenters. The van der Waals surface area contributed by atoms with Crippen LogP contribution in [0.25, 0.3) is 0 Å². The summed E-state index contributed by atoms with van der Waals surface area (Å²) in [6.45, 7) is 5.88. The summed E-state index contributed by atoms with van der Waals surface area (Å²) in [5.74, 6) is 2.36. The molecule has 0 unspecified atom stereocenters. The Bertz CT molecular complexity index is 610. The lowest BCUT2D eigenvalue weighted by Crippen LogP contribution is -2.20. The number of hydrogen-bond acceptors (Lipinski definition) is 2. The molecule has 0 bridgehead atoms. The zero-order chi connectivity index (χ0) is 16.1. The van der Waals surface area contributed by atoms with Crippen LogP contribution in [0, 0.1) is 5.92 Å². The van der Waals surface area contributed by atoms with E-state index in [9.17, 15) is 0 Å². The van der Waals surface area contributed by atoms with Crippen LogP contribution in [0.5, 0.6) is 5.75 Å². The second-order valence-corrected chi connectivity index (χ2v) is 6.79. The Morgan fingerprint density at radius 2 is 1.96 bits per heavy atom. The van der Waals surface area contributed by atoms with Crippen LogP contribution in [-0.4, -0.2) is 25.1 Å². The summed E-state index contributed by atoms with van der Waals surface area (Å²) < 4.78 is 5.35. The van der Waals surface area contributed by atoms with Crippen LogP contribution < -0.4 is 4.74 Å². The number of ether oxygens (including phenoxy) is 1.